The summed E-state index contributed by atoms with van der Waals surface area (Å²) in [6, 6.07) is 11.2. The van der Waals surface area contributed by atoms with Crippen molar-refractivity contribution in [2.75, 3.05) is 0 Å². The Kier molecular flexibility index (Phi) is 6.83. The van der Waals surface area contributed by atoms with Gasteiger partial charge in [-0.15, -0.1) is 0 Å². The SMILES string of the molecule is CCn1ncc(C(C)NC(=O)c2ccc(COc3cc(C)c(Cl)c(C)c3)cc2)c1C. The van der Waals surface area contributed by atoms with E-state index in [-0.39, 0.29) is 11.9 Å². The van der Waals surface area contributed by atoms with E-state index in [9.17, 15) is 4.79 Å². The van der Waals surface area contributed by atoms with Crippen LogP contribution in [0.2, 0.25) is 5.02 Å². The standard InChI is InChI=1S/C24H28ClN3O2/c1-6-28-18(5)22(13-26-28)17(4)27-24(29)20-9-7-19(8-10-20)14-30-21-11-15(2)23(25)16(3)12-21/h7-13,17H,6,14H2,1-5H3,(H,27,29). The second-order valence-corrected chi connectivity index (χ2v) is 7.93. The number of aryl methyl sites for hydroxylation is 3. The Hall–Kier alpha value is -2.79. The lowest BCUT2D eigenvalue weighted by molar-refractivity contribution is 0.0939. The van der Waals surface area contributed by atoms with E-state index in [1.54, 1.807) is 0 Å². The number of halogens is 1. The van der Waals surface area contributed by atoms with Gasteiger partial charge in [0.05, 0.1) is 12.2 Å². The van der Waals surface area contributed by atoms with E-state index in [1.807, 2.05) is 81.9 Å². The zero-order chi connectivity index (χ0) is 21.8. The molecule has 1 N–H and O–H groups in total. The highest BCUT2D eigenvalue weighted by atomic mass is 35.5. The van der Waals surface area contributed by atoms with Gasteiger partial charge in [0, 0.05) is 28.4 Å². The maximum absolute atomic E-state index is 12.6. The molecule has 30 heavy (non-hydrogen) atoms. The van der Waals surface area contributed by atoms with E-state index >= 15 is 0 Å². The number of nitrogens with zero attached hydrogens (tertiary/aromatic N) is 2. The van der Waals surface area contributed by atoms with Gasteiger partial charge in [-0.05, 0) is 75.6 Å². The van der Waals surface area contributed by atoms with Crippen molar-refractivity contribution in [1.82, 2.24) is 15.1 Å². The van der Waals surface area contributed by atoms with Crippen LogP contribution in [0, 0.1) is 20.8 Å². The summed E-state index contributed by atoms with van der Waals surface area (Å²) in [6.07, 6.45) is 1.82. The average molecular weight is 426 g/mol. The summed E-state index contributed by atoms with van der Waals surface area (Å²) < 4.78 is 7.82. The predicted molar refractivity (Wildman–Crippen MR) is 120 cm³/mol. The molecule has 0 radical (unpaired) electrons. The van der Waals surface area contributed by atoms with Crippen molar-refractivity contribution in [3.63, 3.8) is 0 Å². The molecule has 1 unspecified atom stereocenters. The van der Waals surface area contributed by atoms with Gasteiger partial charge >= 0.3 is 0 Å². The minimum Gasteiger partial charge on any atom is -0.489 e. The molecule has 0 aliphatic heterocycles. The smallest absolute Gasteiger partial charge is 0.251 e. The van der Waals surface area contributed by atoms with Gasteiger partial charge in [-0.1, -0.05) is 23.7 Å². The molecule has 6 heteroatoms. The van der Waals surface area contributed by atoms with Crippen molar-refractivity contribution >= 4 is 17.5 Å². The van der Waals surface area contributed by atoms with Gasteiger partial charge in [0.2, 0.25) is 0 Å². The monoisotopic (exact) mass is 425 g/mol. The Bertz CT molecular complexity index is 1020. The maximum atomic E-state index is 12.6. The highest BCUT2D eigenvalue weighted by Gasteiger charge is 2.16. The first-order valence-electron chi connectivity index (χ1n) is 10.1. The van der Waals surface area contributed by atoms with E-state index in [0.29, 0.717) is 12.2 Å². The van der Waals surface area contributed by atoms with Crippen molar-refractivity contribution in [1.29, 1.82) is 0 Å². The van der Waals surface area contributed by atoms with Crippen LogP contribution in [0.3, 0.4) is 0 Å². The van der Waals surface area contributed by atoms with Crippen molar-refractivity contribution < 1.29 is 9.53 Å². The van der Waals surface area contributed by atoms with Crippen LogP contribution in [-0.2, 0) is 13.2 Å². The molecule has 2 aromatic carbocycles. The van der Waals surface area contributed by atoms with Gasteiger partial charge in [0.15, 0.2) is 0 Å². The zero-order valence-corrected chi connectivity index (χ0v) is 18.9. The molecule has 1 atom stereocenters. The number of nitrogens with one attached hydrogen (secondary N) is 1. The largest absolute Gasteiger partial charge is 0.489 e. The second kappa shape index (κ2) is 9.35. The van der Waals surface area contributed by atoms with Crippen molar-refractivity contribution in [2.24, 2.45) is 0 Å². The molecular weight excluding hydrogens is 398 g/mol. The molecule has 0 saturated heterocycles. The van der Waals surface area contributed by atoms with Crippen molar-refractivity contribution in [3.8, 4) is 5.75 Å². The number of benzene rings is 2. The van der Waals surface area contributed by atoms with E-state index in [4.69, 9.17) is 16.3 Å². The third-order valence-electron chi connectivity index (χ3n) is 5.29. The predicted octanol–water partition coefficient (Wildman–Crippen LogP) is 5.55. The van der Waals surface area contributed by atoms with Crippen molar-refractivity contribution in [3.05, 3.63) is 81.1 Å². The average Bonchev–Trinajstić information content (AvgIpc) is 3.11. The Labute approximate surface area is 183 Å². The first-order chi connectivity index (χ1) is 14.3. The first-order valence-corrected chi connectivity index (χ1v) is 10.5. The molecule has 0 bridgehead atoms. The molecule has 1 heterocycles. The highest BCUT2D eigenvalue weighted by molar-refractivity contribution is 6.32. The van der Waals surface area contributed by atoms with E-state index in [2.05, 4.69) is 10.4 Å². The molecule has 0 aliphatic carbocycles. The molecule has 3 rings (SSSR count). The van der Waals surface area contributed by atoms with E-state index < -0.39 is 0 Å². The second-order valence-electron chi connectivity index (χ2n) is 7.55. The van der Waals surface area contributed by atoms with Crippen LogP contribution >= 0.6 is 11.6 Å². The van der Waals surface area contributed by atoms with Crippen LogP contribution in [0.25, 0.3) is 0 Å². The van der Waals surface area contributed by atoms with E-state index in [1.165, 1.54) is 0 Å². The number of hydrogen-bond acceptors (Lipinski definition) is 3. The fourth-order valence-electron chi connectivity index (χ4n) is 3.47. The lowest BCUT2D eigenvalue weighted by atomic mass is 10.1. The Balaban J connectivity index is 1.60. The van der Waals surface area contributed by atoms with Gasteiger partial charge in [0.1, 0.15) is 12.4 Å². The summed E-state index contributed by atoms with van der Waals surface area (Å²) in [5, 5.41) is 8.17. The van der Waals surface area contributed by atoms with Crippen LogP contribution < -0.4 is 10.1 Å². The molecule has 5 nitrogen and oxygen atoms in total. The third kappa shape index (κ3) is 4.85. The quantitative estimate of drug-likeness (QED) is 0.539. The van der Waals surface area contributed by atoms with Gasteiger partial charge in [-0.25, -0.2) is 0 Å². The fourth-order valence-corrected chi connectivity index (χ4v) is 3.58. The number of rotatable bonds is 7. The minimum absolute atomic E-state index is 0.109. The summed E-state index contributed by atoms with van der Waals surface area (Å²) in [5.74, 6) is 0.676. The number of carbonyl (C=O) groups is 1. The molecule has 0 aliphatic rings. The summed E-state index contributed by atoms with van der Waals surface area (Å²) in [4.78, 5) is 12.6. The number of aromatic nitrogens is 2. The Morgan fingerprint density at radius 1 is 1.17 bits per heavy atom. The van der Waals surface area contributed by atoms with Crippen molar-refractivity contribution in [2.45, 2.75) is 53.8 Å². The fraction of sp³-hybridized carbons (Fsp3) is 0.333. The van der Waals surface area contributed by atoms with Crippen LogP contribution in [0.4, 0.5) is 0 Å². The van der Waals surface area contributed by atoms with Gasteiger partial charge < -0.3 is 10.1 Å². The minimum atomic E-state index is -0.114. The summed E-state index contributed by atoms with van der Waals surface area (Å²) in [7, 11) is 0. The summed E-state index contributed by atoms with van der Waals surface area (Å²) >= 11 is 6.21. The topological polar surface area (TPSA) is 56.2 Å². The number of ether oxygens (including phenoxy) is 1. The summed E-state index contributed by atoms with van der Waals surface area (Å²) in [5.41, 5.74) is 5.70. The molecule has 1 amide bonds. The lowest BCUT2D eigenvalue weighted by Crippen LogP contribution is -2.27. The summed E-state index contributed by atoms with van der Waals surface area (Å²) in [6.45, 7) is 11.2. The maximum Gasteiger partial charge on any atom is 0.251 e. The van der Waals surface area contributed by atoms with Gasteiger partial charge in [-0.2, -0.15) is 5.10 Å². The number of hydrogen-bond donors (Lipinski definition) is 1. The van der Waals surface area contributed by atoms with Crippen LogP contribution in [0.15, 0.2) is 42.6 Å². The Morgan fingerprint density at radius 2 is 1.80 bits per heavy atom. The van der Waals surface area contributed by atoms with Crippen LogP contribution in [0.5, 0.6) is 5.75 Å². The third-order valence-corrected chi connectivity index (χ3v) is 5.88. The number of carbonyl (C=O) groups excluding carboxylic acids is 1. The van der Waals surface area contributed by atoms with Gasteiger partial charge in [-0.3, -0.25) is 9.48 Å². The molecule has 0 saturated carbocycles. The highest BCUT2D eigenvalue weighted by Crippen LogP contribution is 2.26. The lowest BCUT2D eigenvalue weighted by Gasteiger charge is -2.14. The van der Waals surface area contributed by atoms with Crippen LogP contribution in [0.1, 0.15) is 58.2 Å². The zero-order valence-electron chi connectivity index (χ0n) is 18.1. The molecule has 0 spiro atoms. The van der Waals surface area contributed by atoms with E-state index in [0.717, 1.165) is 45.3 Å². The Morgan fingerprint density at radius 3 is 2.37 bits per heavy atom. The first kappa shape index (κ1) is 21.9. The van der Waals surface area contributed by atoms with Crippen LogP contribution in [-0.4, -0.2) is 15.7 Å². The number of amides is 1. The van der Waals surface area contributed by atoms with Gasteiger partial charge in [0.25, 0.3) is 5.91 Å². The molecule has 3 aromatic rings. The molecule has 0 fully saturated rings. The molecule has 158 valence electrons. The molecular formula is C24H28ClN3O2. The molecule has 1 aromatic heterocycles. The normalized spacial score (nSPS) is 11.9.